The standard InChI is InChI=1S/C17H18ClN3O5S/c1-24-13-6-9(4-5-10(13)16(19)22)21(27)17(23)20-12-7-11(18)14(25-2)8-15(12)26-3/h4-8,27H,1-3H3,(H2,19,22)(H,20,23). The number of halogens is 1. The molecule has 0 aliphatic heterocycles. The van der Waals surface area contributed by atoms with E-state index in [1.807, 2.05) is 0 Å². The van der Waals surface area contributed by atoms with E-state index in [4.69, 9.17) is 31.5 Å². The smallest absolute Gasteiger partial charge is 0.336 e. The van der Waals surface area contributed by atoms with Gasteiger partial charge in [0.25, 0.3) is 5.91 Å². The average Bonchev–Trinajstić information content (AvgIpc) is 2.66. The zero-order valence-corrected chi connectivity index (χ0v) is 16.4. The number of hydrogen-bond donors (Lipinski definition) is 3. The van der Waals surface area contributed by atoms with Crippen LogP contribution in [0.3, 0.4) is 0 Å². The van der Waals surface area contributed by atoms with Crippen LogP contribution in [-0.4, -0.2) is 33.3 Å². The fourth-order valence-electron chi connectivity index (χ4n) is 2.26. The highest BCUT2D eigenvalue weighted by Crippen LogP contribution is 2.36. The second kappa shape index (κ2) is 8.74. The van der Waals surface area contributed by atoms with Gasteiger partial charge in [-0.05, 0) is 18.2 Å². The first-order chi connectivity index (χ1) is 12.8. The van der Waals surface area contributed by atoms with Crippen molar-refractivity contribution in [2.24, 2.45) is 5.73 Å². The molecule has 0 aromatic heterocycles. The maximum Gasteiger partial charge on any atom is 0.336 e. The predicted octanol–water partition coefficient (Wildman–Crippen LogP) is 3.35. The third kappa shape index (κ3) is 4.50. The van der Waals surface area contributed by atoms with E-state index in [0.717, 1.165) is 4.31 Å². The number of ether oxygens (including phenoxy) is 3. The second-order valence-corrected chi connectivity index (χ2v) is 5.99. The summed E-state index contributed by atoms with van der Waals surface area (Å²) in [6.07, 6.45) is 0. The molecule has 0 saturated carbocycles. The van der Waals surface area contributed by atoms with E-state index < -0.39 is 11.9 Å². The van der Waals surface area contributed by atoms with Gasteiger partial charge in [0.15, 0.2) is 0 Å². The number of methoxy groups -OCH3 is 3. The number of nitrogens with one attached hydrogen (secondary N) is 1. The lowest BCUT2D eigenvalue weighted by molar-refractivity contribution is 0.0997. The Bertz CT molecular complexity index is 878. The highest BCUT2D eigenvalue weighted by molar-refractivity contribution is 7.82. The molecule has 0 radical (unpaired) electrons. The van der Waals surface area contributed by atoms with E-state index in [1.165, 1.54) is 45.6 Å². The maximum absolute atomic E-state index is 12.5. The van der Waals surface area contributed by atoms with Crippen LogP contribution in [0.1, 0.15) is 10.4 Å². The molecule has 0 unspecified atom stereocenters. The third-order valence-electron chi connectivity index (χ3n) is 3.60. The van der Waals surface area contributed by atoms with Gasteiger partial charge < -0.3 is 25.3 Å². The van der Waals surface area contributed by atoms with E-state index in [-0.39, 0.29) is 11.3 Å². The molecule has 3 N–H and O–H groups in total. The number of rotatable bonds is 6. The van der Waals surface area contributed by atoms with Crippen molar-refractivity contribution < 1.29 is 23.8 Å². The van der Waals surface area contributed by atoms with E-state index in [0.29, 0.717) is 27.9 Å². The Balaban J connectivity index is 2.28. The fraction of sp³-hybridized carbons (Fsp3) is 0.176. The molecule has 2 aromatic carbocycles. The predicted molar refractivity (Wildman–Crippen MR) is 107 cm³/mol. The molecule has 10 heteroatoms. The summed E-state index contributed by atoms with van der Waals surface area (Å²) in [7, 11) is 4.31. The van der Waals surface area contributed by atoms with Gasteiger partial charge in [-0.2, -0.15) is 0 Å². The zero-order chi connectivity index (χ0) is 20.1. The molecule has 0 bridgehead atoms. The van der Waals surface area contributed by atoms with Crippen LogP contribution in [0.15, 0.2) is 30.3 Å². The summed E-state index contributed by atoms with van der Waals surface area (Å²) in [6.45, 7) is 0. The van der Waals surface area contributed by atoms with Crippen LogP contribution in [-0.2, 0) is 0 Å². The van der Waals surface area contributed by atoms with Gasteiger partial charge in [0.2, 0.25) is 0 Å². The van der Waals surface area contributed by atoms with E-state index in [2.05, 4.69) is 18.1 Å². The summed E-state index contributed by atoms with van der Waals surface area (Å²) in [4.78, 5) is 23.9. The molecule has 0 fully saturated rings. The average molecular weight is 412 g/mol. The summed E-state index contributed by atoms with van der Waals surface area (Å²) in [6, 6.07) is 6.86. The summed E-state index contributed by atoms with van der Waals surface area (Å²) >= 11 is 10.3. The lowest BCUT2D eigenvalue weighted by Gasteiger charge is -2.19. The first-order valence-corrected chi connectivity index (χ1v) is 8.29. The summed E-state index contributed by atoms with van der Waals surface area (Å²) < 4.78 is 16.5. The summed E-state index contributed by atoms with van der Waals surface area (Å²) in [5.41, 5.74) is 6.15. The zero-order valence-electron chi connectivity index (χ0n) is 14.8. The van der Waals surface area contributed by atoms with Crippen molar-refractivity contribution in [2.75, 3.05) is 31.0 Å². The number of thiol groups is 1. The van der Waals surface area contributed by atoms with Crippen molar-refractivity contribution in [2.45, 2.75) is 0 Å². The Morgan fingerprint density at radius 1 is 1.04 bits per heavy atom. The number of carbonyl (C=O) groups is 2. The molecule has 27 heavy (non-hydrogen) atoms. The number of carbonyl (C=O) groups excluding carboxylic acids is 2. The van der Waals surface area contributed by atoms with Gasteiger partial charge in [-0.25, -0.2) is 9.10 Å². The maximum atomic E-state index is 12.5. The monoisotopic (exact) mass is 411 g/mol. The van der Waals surface area contributed by atoms with Crippen LogP contribution in [0, 0.1) is 0 Å². The van der Waals surface area contributed by atoms with Crippen LogP contribution < -0.4 is 29.6 Å². The topological polar surface area (TPSA) is 103 Å². The molecule has 3 amide bonds. The van der Waals surface area contributed by atoms with E-state index in [1.54, 1.807) is 6.07 Å². The van der Waals surface area contributed by atoms with Crippen LogP contribution in [0.25, 0.3) is 0 Å². The second-order valence-electron chi connectivity index (χ2n) is 5.18. The Kier molecular flexibility index (Phi) is 6.65. The van der Waals surface area contributed by atoms with Crippen molar-refractivity contribution in [3.05, 3.63) is 40.9 Å². The van der Waals surface area contributed by atoms with Crippen LogP contribution in [0.5, 0.6) is 17.2 Å². The number of benzene rings is 2. The lowest BCUT2D eigenvalue weighted by atomic mass is 10.1. The molecule has 2 rings (SSSR count). The van der Waals surface area contributed by atoms with Crippen LogP contribution >= 0.6 is 24.4 Å². The normalized spacial score (nSPS) is 10.1. The van der Waals surface area contributed by atoms with Gasteiger partial charge in [0.1, 0.15) is 17.2 Å². The number of urea groups is 1. The molecule has 0 saturated heterocycles. The highest BCUT2D eigenvalue weighted by Gasteiger charge is 2.19. The highest BCUT2D eigenvalue weighted by atomic mass is 35.5. The molecule has 8 nitrogen and oxygen atoms in total. The van der Waals surface area contributed by atoms with Gasteiger partial charge in [-0.15, -0.1) is 0 Å². The summed E-state index contributed by atoms with van der Waals surface area (Å²) in [5.74, 6) is 0.331. The van der Waals surface area contributed by atoms with E-state index >= 15 is 0 Å². The molecule has 0 heterocycles. The first-order valence-electron chi connectivity index (χ1n) is 7.51. The van der Waals surface area contributed by atoms with Crippen LogP contribution in [0.4, 0.5) is 16.2 Å². The molecular weight excluding hydrogens is 394 g/mol. The van der Waals surface area contributed by atoms with Crippen molar-refractivity contribution in [1.82, 2.24) is 0 Å². The van der Waals surface area contributed by atoms with Gasteiger partial charge in [0, 0.05) is 12.1 Å². The molecule has 2 aromatic rings. The largest absolute Gasteiger partial charge is 0.496 e. The van der Waals surface area contributed by atoms with E-state index in [9.17, 15) is 9.59 Å². The molecule has 0 spiro atoms. The Morgan fingerprint density at radius 3 is 2.22 bits per heavy atom. The van der Waals surface area contributed by atoms with Crippen LogP contribution in [0.2, 0.25) is 5.02 Å². The minimum Gasteiger partial charge on any atom is -0.496 e. The van der Waals surface area contributed by atoms with Gasteiger partial charge in [-0.3, -0.25) is 4.79 Å². The number of nitrogens with two attached hydrogens (primary N) is 1. The number of nitrogens with zero attached hydrogens (tertiary/aromatic N) is 1. The van der Waals surface area contributed by atoms with Crippen molar-refractivity contribution >= 4 is 47.7 Å². The minimum atomic E-state index is -0.647. The lowest BCUT2D eigenvalue weighted by Crippen LogP contribution is -2.27. The summed E-state index contributed by atoms with van der Waals surface area (Å²) in [5, 5.41) is 2.94. The van der Waals surface area contributed by atoms with Crippen molar-refractivity contribution in [1.29, 1.82) is 0 Å². The minimum absolute atomic E-state index is 0.187. The Hall–Kier alpha value is -2.78. The third-order valence-corrected chi connectivity index (χ3v) is 4.31. The first kappa shape index (κ1) is 20.5. The Morgan fingerprint density at radius 2 is 1.67 bits per heavy atom. The number of anilines is 2. The van der Waals surface area contributed by atoms with Crippen molar-refractivity contribution in [3.63, 3.8) is 0 Å². The number of primary amides is 1. The number of hydrogen-bond acceptors (Lipinski definition) is 6. The molecule has 144 valence electrons. The fourth-order valence-corrected chi connectivity index (χ4v) is 2.67. The van der Waals surface area contributed by atoms with Gasteiger partial charge >= 0.3 is 6.03 Å². The molecule has 0 aliphatic carbocycles. The SMILES string of the molecule is COc1cc(OC)c(NC(=O)N(S)c2ccc(C(N)=O)c(OC)c2)cc1Cl. The van der Waals surface area contributed by atoms with Gasteiger partial charge in [0.05, 0.1) is 43.3 Å². The quantitative estimate of drug-likeness (QED) is 0.632. The molecular formula is C17H18ClN3O5S. The molecule has 0 atom stereocenters. The van der Waals surface area contributed by atoms with Gasteiger partial charge in [-0.1, -0.05) is 24.4 Å². The van der Waals surface area contributed by atoms with Crippen molar-refractivity contribution in [3.8, 4) is 17.2 Å². The number of amides is 3. The Labute approximate surface area is 166 Å². The molecule has 0 aliphatic rings.